The van der Waals surface area contributed by atoms with E-state index in [2.05, 4.69) is 16.0 Å². The molecule has 0 bridgehead atoms. The first kappa shape index (κ1) is 22.9. The third kappa shape index (κ3) is 7.86. The molecule has 0 unspecified atom stereocenters. The van der Waals surface area contributed by atoms with Gasteiger partial charge < -0.3 is 16.0 Å². The van der Waals surface area contributed by atoms with E-state index < -0.39 is 20.8 Å². The molecule has 0 saturated carbocycles. The maximum absolute atomic E-state index is 12.2. The quantitative estimate of drug-likeness (QED) is 0.144. The molecule has 7 nitrogen and oxygen atoms in total. The van der Waals surface area contributed by atoms with Gasteiger partial charge in [0.05, 0.1) is 4.92 Å². The Kier molecular flexibility index (Phi) is 8.21. The van der Waals surface area contributed by atoms with Crippen molar-refractivity contribution in [3.63, 3.8) is 0 Å². The second-order valence-electron chi connectivity index (χ2n) is 5.63. The van der Waals surface area contributed by atoms with Crippen LogP contribution in [-0.2, 0) is 4.79 Å². The van der Waals surface area contributed by atoms with Crippen molar-refractivity contribution < 1.29 is 9.72 Å². The van der Waals surface area contributed by atoms with Gasteiger partial charge in [0.1, 0.15) is 6.17 Å². The molecule has 0 heterocycles. The van der Waals surface area contributed by atoms with E-state index in [0.717, 1.165) is 5.56 Å². The van der Waals surface area contributed by atoms with Gasteiger partial charge >= 0.3 is 0 Å². The number of nitro groups is 1. The summed E-state index contributed by atoms with van der Waals surface area (Å²) in [4.78, 5) is 22.5. The zero-order valence-electron chi connectivity index (χ0n) is 14.6. The minimum atomic E-state index is -1.93. The van der Waals surface area contributed by atoms with Crippen LogP contribution in [0.4, 0.5) is 11.4 Å². The van der Waals surface area contributed by atoms with Gasteiger partial charge in [0.25, 0.3) is 5.69 Å². The molecule has 1 atom stereocenters. The van der Waals surface area contributed by atoms with Crippen LogP contribution in [0.25, 0.3) is 6.08 Å². The molecule has 0 aliphatic heterocycles. The van der Waals surface area contributed by atoms with Gasteiger partial charge in [0, 0.05) is 23.9 Å². The first-order valence-corrected chi connectivity index (χ1v) is 9.61. The van der Waals surface area contributed by atoms with E-state index in [9.17, 15) is 14.9 Å². The van der Waals surface area contributed by atoms with Crippen LogP contribution in [-0.4, -0.2) is 25.9 Å². The Balaban J connectivity index is 2.02. The largest absolute Gasteiger partial charge is 0.339 e. The van der Waals surface area contributed by atoms with E-state index in [-0.39, 0.29) is 10.8 Å². The van der Waals surface area contributed by atoms with Crippen molar-refractivity contribution in [1.82, 2.24) is 10.6 Å². The number of thiocarbonyl (C=S) groups is 1. The maximum atomic E-state index is 12.2. The highest BCUT2D eigenvalue weighted by Crippen LogP contribution is 2.29. The van der Waals surface area contributed by atoms with Gasteiger partial charge in [-0.3, -0.25) is 14.9 Å². The van der Waals surface area contributed by atoms with Crippen molar-refractivity contribution >= 4 is 75.5 Å². The number of benzene rings is 2. The summed E-state index contributed by atoms with van der Waals surface area (Å²) in [7, 11) is 0. The molecule has 0 fully saturated rings. The summed E-state index contributed by atoms with van der Waals surface area (Å²) in [6.45, 7) is 0. The smallest absolute Gasteiger partial charge is 0.271 e. The lowest BCUT2D eigenvalue weighted by Gasteiger charge is -2.27. The lowest BCUT2D eigenvalue weighted by atomic mass is 10.2. The topological polar surface area (TPSA) is 96.3 Å². The van der Waals surface area contributed by atoms with Crippen LogP contribution in [0.1, 0.15) is 5.56 Å². The average molecular weight is 474 g/mol. The van der Waals surface area contributed by atoms with Crippen LogP contribution in [0.15, 0.2) is 60.7 Å². The van der Waals surface area contributed by atoms with Gasteiger partial charge in [-0.15, -0.1) is 0 Å². The van der Waals surface area contributed by atoms with Crippen molar-refractivity contribution in [2.45, 2.75) is 9.96 Å². The molecule has 0 saturated heterocycles. The summed E-state index contributed by atoms with van der Waals surface area (Å²) in [5, 5.41) is 18.8. The van der Waals surface area contributed by atoms with Crippen molar-refractivity contribution in [2.75, 3.05) is 5.32 Å². The third-order valence-corrected chi connectivity index (χ3v) is 4.31. The highest BCUT2D eigenvalue weighted by atomic mass is 35.6. The minimum Gasteiger partial charge on any atom is -0.339 e. The summed E-state index contributed by atoms with van der Waals surface area (Å²) in [5.41, 5.74) is 1.06. The lowest BCUT2D eigenvalue weighted by molar-refractivity contribution is -0.384. The van der Waals surface area contributed by atoms with Crippen LogP contribution in [0.3, 0.4) is 0 Å². The number of carbonyl (C=O) groups is 1. The van der Waals surface area contributed by atoms with E-state index in [1.165, 1.54) is 24.3 Å². The van der Waals surface area contributed by atoms with Crippen molar-refractivity contribution in [1.29, 1.82) is 0 Å². The van der Waals surface area contributed by atoms with E-state index in [0.29, 0.717) is 5.69 Å². The molecule has 0 aliphatic carbocycles. The van der Waals surface area contributed by atoms with E-state index in [1.807, 2.05) is 30.3 Å². The first-order chi connectivity index (χ1) is 13.6. The zero-order valence-corrected chi connectivity index (χ0v) is 17.7. The molecule has 29 heavy (non-hydrogen) atoms. The summed E-state index contributed by atoms with van der Waals surface area (Å²) in [5.74, 6) is -0.518. The van der Waals surface area contributed by atoms with Crippen molar-refractivity contribution in [3.05, 3.63) is 76.4 Å². The fraction of sp³-hybridized carbons (Fsp3) is 0.111. The summed E-state index contributed by atoms with van der Waals surface area (Å²) >= 11 is 22.9. The molecule has 0 aromatic heterocycles. The van der Waals surface area contributed by atoms with E-state index in [1.54, 1.807) is 12.1 Å². The van der Waals surface area contributed by atoms with Gasteiger partial charge in [-0.25, -0.2) is 0 Å². The number of alkyl halides is 3. The highest BCUT2D eigenvalue weighted by molar-refractivity contribution is 7.80. The number of nitrogens with one attached hydrogen (secondary N) is 3. The van der Waals surface area contributed by atoms with Crippen LogP contribution >= 0.6 is 47.0 Å². The first-order valence-electron chi connectivity index (χ1n) is 8.07. The molecule has 0 aliphatic rings. The SMILES string of the molecule is O=C(/C=C\c1ccccc1)N[C@H](NC(=S)Nc1cccc([N+](=O)[O-])c1)C(Cl)(Cl)Cl. The van der Waals surface area contributed by atoms with E-state index >= 15 is 0 Å². The van der Waals surface area contributed by atoms with Crippen LogP contribution < -0.4 is 16.0 Å². The monoisotopic (exact) mass is 472 g/mol. The van der Waals surface area contributed by atoms with E-state index in [4.69, 9.17) is 47.0 Å². The number of non-ortho nitro benzene ring substituents is 1. The summed E-state index contributed by atoms with van der Waals surface area (Å²) in [6, 6.07) is 14.9. The fourth-order valence-corrected chi connectivity index (χ4v) is 2.68. The number of nitrogens with zero attached hydrogens (tertiary/aromatic N) is 1. The van der Waals surface area contributed by atoms with Gasteiger partial charge in [-0.2, -0.15) is 0 Å². The number of amides is 1. The predicted octanol–water partition coefficient (Wildman–Crippen LogP) is 4.41. The number of carbonyl (C=O) groups excluding carboxylic acids is 1. The average Bonchev–Trinajstić information content (AvgIpc) is 2.66. The molecular formula is C18H15Cl3N4O3S. The zero-order chi connectivity index (χ0) is 21.4. The van der Waals surface area contributed by atoms with Crippen LogP contribution in [0.5, 0.6) is 0 Å². The Labute approximate surface area is 187 Å². The van der Waals surface area contributed by atoms with Gasteiger partial charge in [0.15, 0.2) is 5.11 Å². The Morgan fingerprint density at radius 1 is 1.10 bits per heavy atom. The van der Waals surface area contributed by atoms with Crippen molar-refractivity contribution in [2.24, 2.45) is 0 Å². The molecule has 2 aromatic carbocycles. The van der Waals surface area contributed by atoms with Gasteiger partial charge in [-0.1, -0.05) is 71.2 Å². The Hall–Kier alpha value is -2.39. The molecule has 11 heteroatoms. The molecule has 2 aromatic rings. The maximum Gasteiger partial charge on any atom is 0.271 e. The van der Waals surface area contributed by atoms with Crippen LogP contribution in [0.2, 0.25) is 0 Å². The summed E-state index contributed by atoms with van der Waals surface area (Å²) in [6.07, 6.45) is 1.72. The number of halogens is 3. The van der Waals surface area contributed by atoms with Gasteiger partial charge in [0.2, 0.25) is 9.70 Å². The minimum absolute atomic E-state index is 0.00541. The fourth-order valence-electron chi connectivity index (χ4n) is 2.12. The number of anilines is 1. The molecular weight excluding hydrogens is 459 g/mol. The number of rotatable bonds is 6. The highest BCUT2D eigenvalue weighted by Gasteiger charge is 2.34. The van der Waals surface area contributed by atoms with Gasteiger partial charge in [-0.05, 0) is 29.9 Å². The predicted molar refractivity (Wildman–Crippen MR) is 120 cm³/mol. The molecule has 1 amide bonds. The molecule has 0 spiro atoms. The molecule has 0 radical (unpaired) electrons. The number of hydrogen-bond acceptors (Lipinski definition) is 4. The normalized spacial score (nSPS) is 12.2. The lowest BCUT2D eigenvalue weighted by Crippen LogP contribution is -2.55. The Bertz CT molecular complexity index is 920. The second kappa shape index (κ2) is 10.4. The molecule has 152 valence electrons. The van der Waals surface area contributed by atoms with Crippen molar-refractivity contribution in [3.8, 4) is 0 Å². The third-order valence-electron chi connectivity index (χ3n) is 3.43. The number of hydrogen-bond donors (Lipinski definition) is 3. The molecule has 3 N–H and O–H groups in total. The Morgan fingerprint density at radius 3 is 2.41 bits per heavy atom. The standard InChI is InChI=1S/C18H15Cl3N4O3S/c19-18(20,21)16(23-15(26)10-9-12-5-2-1-3-6-12)24-17(29)22-13-7-4-8-14(11-13)25(27)28/h1-11,16H,(H,23,26)(H2,22,24,29)/b10-9-/t16-/m1/s1. The Morgan fingerprint density at radius 2 is 1.79 bits per heavy atom. The summed E-state index contributed by atoms with van der Waals surface area (Å²) < 4.78 is -1.93. The second-order valence-corrected chi connectivity index (χ2v) is 8.41. The number of nitro benzene ring substituents is 1. The molecule has 2 rings (SSSR count). The van der Waals surface area contributed by atoms with Crippen LogP contribution in [0, 0.1) is 10.1 Å².